The third-order valence-electron chi connectivity index (χ3n) is 4.36. The minimum Gasteiger partial charge on any atom is -0.325 e. The number of aromatic nitrogens is 1. The molecule has 0 saturated carbocycles. The van der Waals surface area contributed by atoms with Gasteiger partial charge in [0.25, 0.3) is 5.69 Å². The van der Waals surface area contributed by atoms with Crippen molar-refractivity contribution in [3.05, 3.63) is 58.9 Å². The van der Waals surface area contributed by atoms with Gasteiger partial charge in [0, 0.05) is 36.8 Å². The van der Waals surface area contributed by atoms with Gasteiger partial charge in [0.2, 0.25) is 15.9 Å². The number of carbonyl (C=O) groups is 1. The first kappa shape index (κ1) is 18.9. The molecule has 0 spiro atoms. The van der Waals surface area contributed by atoms with Crippen LogP contribution in [-0.2, 0) is 14.8 Å². The third kappa shape index (κ3) is 4.12. The zero-order valence-corrected chi connectivity index (χ0v) is 15.1. The Morgan fingerprint density at radius 3 is 2.44 bits per heavy atom. The Morgan fingerprint density at radius 2 is 1.81 bits per heavy atom. The minimum atomic E-state index is -3.95. The Hall–Kier alpha value is -2.85. The number of benzene rings is 1. The number of hydrogen-bond donors (Lipinski definition) is 1. The van der Waals surface area contributed by atoms with Gasteiger partial charge in [0.1, 0.15) is 6.04 Å². The maximum Gasteiger partial charge on any atom is 0.269 e. The topological polar surface area (TPSA) is 123 Å². The fourth-order valence-electron chi connectivity index (χ4n) is 2.99. The number of pyridine rings is 1. The van der Waals surface area contributed by atoms with Gasteiger partial charge in [0.05, 0.1) is 9.82 Å². The first-order chi connectivity index (χ1) is 12.9. The molecule has 2 heterocycles. The van der Waals surface area contributed by atoms with Gasteiger partial charge in [-0.05, 0) is 37.1 Å². The van der Waals surface area contributed by atoms with E-state index >= 15 is 0 Å². The molecule has 142 valence electrons. The SMILES string of the molecule is O=C(Nc1ccncc1)[C@@H]1CCCCN1S(=O)(=O)c1ccc([N+](=O)[O-])cc1. The van der Waals surface area contributed by atoms with Crippen LogP contribution in [0.3, 0.4) is 0 Å². The van der Waals surface area contributed by atoms with Crippen LogP contribution in [0, 0.1) is 10.1 Å². The highest BCUT2D eigenvalue weighted by molar-refractivity contribution is 7.89. The van der Waals surface area contributed by atoms with Crippen LogP contribution in [0.15, 0.2) is 53.7 Å². The molecule has 1 aromatic carbocycles. The molecule has 3 rings (SSSR count). The van der Waals surface area contributed by atoms with Crippen LogP contribution in [-0.4, -0.2) is 41.1 Å². The van der Waals surface area contributed by atoms with Crippen molar-refractivity contribution in [1.29, 1.82) is 0 Å². The summed E-state index contributed by atoms with van der Waals surface area (Å²) in [4.78, 5) is 26.6. The molecular formula is C17H18N4O5S. The summed E-state index contributed by atoms with van der Waals surface area (Å²) >= 11 is 0. The standard InChI is InChI=1S/C17H18N4O5S/c22-17(19-13-8-10-18-11-9-13)16-3-1-2-12-20(16)27(25,26)15-6-4-14(5-7-15)21(23)24/h4-11,16H,1-3,12H2,(H,18,19,22)/t16-/m0/s1. The molecule has 1 aliphatic rings. The van der Waals surface area contributed by atoms with Gasteiger partial charge in [-0.3, -0.25) is 19.9 Å². The minimum absolute atomic E-state index is 0.0725. The van der Waals surface area contributed by atoms with Gasteiger partial charge < -0.3 is 5.32 Å². The first-order valence-electron chi connectivity index (χ1n) is 8.37. The zero-order chi connectivity index (χ0) is 19.4. The summed E-state index contributed by atoms with van der Waals surface area (Å²) in [5.74, 6) is -0.411. The highest BCUT2D eigenvalue weighted by Gasteiger charge is 2.37. The molecule has 9 nitrogen and oxygen atoms in total. The summed E-state index contributed by atoms with van der Waals surface area (Å²) in [7, 11) is -3.95. The highest BCUT2D eigenvalue weighted by atomic mass is 32.2. The van der Waals surface area contributed by atoms with Crippen LogP contribution < -0.4 is 5.32 Å². The van der Waals surface area contributed by atoms with Crippen LogP contribution in [0.5, 0.6) is 0 Å². The van der Waals surface area contributed by atoms with Crippen LogP contribution in [0.25, 0.3) is 0 Å². The second-order valence-corrected chi connectivity index (χ2v) is 7.99. The second kappa shape index (κ2) is 7.80. The number of sulfonamides is 1. The molecule has 10 heteroatoms. The van der Waals surface area contributed by atoms with Crippen molar-refractivity contribution in [2.24, 2.45) is 0 Å². The van der Waals surface area contributed by atoms with Crippen LogP contribution in [0.4, 0.5) is 11.4 Å². The van der Waals surface area contributed by atoms with E-state index in [1.54, 1.807) is 12.1 Å². The number of piperidine rings is 1. The van der Waals surface area contributed by atoms with Gasteiger partial charge in [-0.25, -0.2) is 8.42 Å². The van der Waals surface area contributed by atoms with Gasteiger partial charge in [0.15, 0.2) is 0 Å². The van der Waals surface area contributed by atoms with E-state index in [9.17, 15) is 23.3 Å². The molecule has 1 atom stereocenters. The number of nitro benzene ring substituents is 1. The molecule has 0 bridgehead atoms. The van der Waals surface area contributed by atoms with Gasteiger partial charge >= 0.3 is 0 Å². The van der Waals surface area contributed by atoms with Crippen molar-refractivity contribution < 1.29 is 18.1 Å². The van der Waals surface area contributed by atoms with E-state index in [0.717, 1.165) is 18.6 Å². The molecule has 1 aromatic heterocycles. The number of rotatable bonds is 5. The van der Waals surface area contributed by atoms with Crippen LogP contribution in [0.2, 0.25) is 0 Å². The lowest BCUT2D eigenvalue weighted by molar-refractivity contribution is -0.384. The summed E-state index contributed by atoms with van der Waals surface area (Å²) in [6, 6.07) is 7.07. The molecule has 1 saturated heterocycles. The fourth-order valence-corrected chi connectivity index (χ4v) is 4.65. The summed E-state index contributed by atoms with van der Waals surface area (Å²) < 4.78 is 27.2. The lowest BCUT2D eigenvalue weighted by atomic mass is 10.0. The van der Waals surface area contributed by atoms with Crippen molar-refractivity contribution in [3.63, 3.8) is 0 Å². The molecule has 1 N–H and O–H groups in total. The van der Waals surface area contributed by atoms with Crippen LogP contribution >= 0.6 is 0 Å². The molecule has 0 unspecified atom stereocenters. The molecule has 0 aliphatic carbocycles. The lowest BCUT2D eigenvalue weighted by Crippen LogP contribution is -2.49. The number of non-ortho nitro benzene ring substituents is 1. The maximum absolute atomic E-state index is 13.0. The Labute approximate surface area is 156 Å². The van der Waals surface area contributed by atoms with E-state index < -0.39 is 26.9 Å². The Bertz CT molecular complexity index is 932. The normalized spacial score (nSPS) is 18.0. The monoisotopic (exact) mass is 390 g/mol. The highest BCUT2D eigenvalue weighted by Crippen LogP contribution is 2.27. The molecule has 2 aromatic rings. The van der Waals surface area contributed by atoms with Gasteiger partial charge in [-0.2, -0.15) is 4.31 Å². The molecule has 1 aliphatic heterocycles. The summed E-state index contributed by atoms with van der Waals surface area (Å²) in [6.07, 6.45) is 4.85. The number of hydrogen-bond acceptors (Lipinski definition) is 6. The van der Waals surface area contributed by atoms with Crippen molar-refractivity contribution in [3.8, 4) is 0 Å². The van der Waals surface area contributed by atoms with Crippen molar-refractivity contribution in [2.75, 3.05) is 11.9 Å². The Balaban J connectivity index is 1.85. The summed E-state index contributed by atoms with van der Waals surface area (Å²) in [5.41, 5.74) is 0.341. The largest absolute Gasteiger partial charge is 0.325 e. The van der Waals surface area contributed by atoms with E-state index in [1.165, 1.54) is 28.8 Å². The van der Waals surface area contributed by atoms with Crippen LogP contribution in [0.1, 0.15) is 19.3 Å². The molecule has 27 heavy (non-hydrogen) atoms. The van der Waals surface area contributed by atoms with E-state index in [2.05, 4.69) is 10.3 Å². The maximum atomic E-state index is 13.0. The van der Waals surface area contributed by atoms with Crippen molar-refractivity contribution >= 4 is 27.3 Å². The van der Waals surface area contributed by atoms with Gasteiger partial charge in [-0.1, -0.05) is 6.42 Å². The number of amides is 1. The number of nitro groups is 1. The first-order valence-corrected chi connectivity index (χ1v) is 9.81. The third-order valence-corrected chi connectivity index (χ3v) is 6.28. The van der Waals surface area contributed by atoms with Gasteiger partial charge in [-0.15, -0.1) is 0 Å². The zero-order valence-electron chi connectivity index (χ0n) is 14.3. The smallest absolute Gasteiger partial charge is 0.269 e. The molecule has 1 fully saturated rings. The number of nitrogens with zero attached hydrogens (tertiary/aromatic N) is 3. The summed E-state index contributed by atoms with van der Waals surface area (Å²) in [5, 5.41) is 13.5. The van der Waals surface area contributed by atoms with E-state index in [1.807, 2.05) is 0 Å². The average molecular weight is 390 g/mol. The molecule has 0 radical (unpaired) electrons. The number of carbonyl (C=O) groups excluding carboxylic acids is 1. The summed E-state index contributed by atoms with van der Waals surface area (Å²) in [6.45, 7) is 0.216. The van der Waals surface area contributed by atoms with E-state index in [0.29, 0.717) is 18.5 Å². The van der Waals surface area contributed by atoms with Crippen molar-refractivity contribution in [1.82, 2.24) is 9.29 Å². The predicted octanol–water partition coefficient (Wildman–Crippen LogP) is 2.17. The van der Waals surface area contributed by atoms with Crippen molar-refractivity contribution in [2.45, 2.75) is 30.2 Å². The number of nitrogens with one attached hydrogen (secondary N) is 1. The second-order valence-electron chi connectivity index (χ2n) is 6.10. The Kier molecular flexibility index (Phi) is 5.47. The lowest BCUT2D eigenvalue weighted by Gasteiger charge is -2.33. The molecule has 1 amide bonds. The number of anilines is 1. The van der Waals surface area contributed by atoms with E-state index in [-0.39, 0.29) is 17.1 Å². The quantitative estimate of drug-likeness (QED) is 0.617. The average Bonchev–Trinajstić information content (AvgIpc) is 2.69. The molecular weight excluding hydrogens is 372 g/mol. The Morgan fingerprint density at radius 1 is 1.15 bits per heavy atom. The van der Waals surface area contributed by atoms with E-state index in [4.69, 9.17) is 0 Å². The fraction of sp³-hybridized carbons (Fsp3) is 0.294. The predicted molar refractivity (Wildman–Crippen MR) is 97.5 cm³/mol.